The maximum absolute atomic E-state index is 13.5. The molecule has 0 spiro atoms. The lowest BCUT2D eigenvalue weighted by atomic mass is 9.93. The number of carbonyl (C=O) groups is 2. The van der Waals surface area contributed by atoms with Crippen molar-refractivity contribution in [1.29, 1.82) is 0 Å². The van der Waals surface area contributed by atoms with E-state index in [1.807, 2.05) is 74.5 Å². The van der Waals surface area contributed by atoms with E-state index >= 15 is 0 Å². The van der Waals surface area contributed by atoms with E-state index in [2.05, 4.69) is 20.8 Å². The molecular weight excluding hydrogens is 428 g/mol. The molecule has 0 saturated heterocycles. The summed E-state index contributed by atoms with van der Waals surface area (Å²) in [5.74, 6) is 0.553. The Morgan fingerprint density at radius 1 is 1.00 bits per heavy atom. The molecule has 7 heteroatoms. The molecule has 2 aromatic carbocycles. The van der Waals surface area contributed by atoms with Crippen molar-refractivity contribution in [1.82, 2.24) is 20.8 Å². The van der Waals surface area contributed by atoms with Gasteiger partial charge in [-0.15, -0.1) is 0 Å². The zero-order chi connectivity index (χ0) is 23.7. The van der Waals surface area contributed by atoms with Crippen LogP contribution in [0.25, 0.3) is 11.4 Å². The third kappa shape index (κ3) is 4.34. The number of carbonyl (C=O) groups excluding carboxylic acids is 2. The Balaban J connectivity index is 1.39. The summed E-state index contributed by atoms with van der Waals surface area (Å²) in [7, 11) is 0. The fourth-order valence-electron chi connectivity index (χ4n) is 5.01. The van der Waals surface area contributed by atoms with Crippen molar-refractivity contribution < 1.29 is 14.1 Å². The molecule has 2 aliphatic carbocycles. The highest BCUT2D eigenvalue weighted by Crippen LogP contribution is 2.49. The summed E-state index contributed by atoms with van der Waals surface area (Å²) >= 11 is 0. The second kappa shape index (κ2) is 9.05. The van der Waals surface area contributed by atoms with Gasteiger partial charge in [-0.1, -0.05) is 65.8 Å². The molecular formula is C27H30N4O3. The molecule has 1 heterocycles. The average Bonchev–Trinajstić information content (AvgIpc) is 3.33. The van der Waals surface area contributed by atoms with Crippen molar-refractivity contribution in [3.63, 3.8) is 0 Å². The Kier molecular flexibility index (Phi) is 5.94. The van der Waals surface area contributed by atoms with Crippen molar-refractivity contribution in [2.24, 2.45) is 5.92 Å². The van der Waals surface area contributed by atoms with Crippen LogP contribution < -0.4 is 10.6 Å². The fourth-order valence-corrected chi connectivity index (χ4v) is 5.01. The molecule has 2 amide bonds. The first-order chi connectivity index (χ1) is 16.5. The van der Waals surface area contributed by atoms with Crippen LogP contribution in [0.15, 0.2) is 65.2 Å². The zero-order valence-corrected chi connectivity index (χ0v) is 19.5. The summed E-state index contributed by atoms with van der Waals surface area (Å²) in [6.45, 7) is 3.90. The quantitative estimate of drug-likeness (QED) is 0.558. The third-order valence-electron chi connectivity index (χ3n) is 6.98. The highest BCUT2D eigenvalue weighted by atomic mass is 16.5. The number of nitrogens with zero attached hydrogens (tertiary/aromatic N) is 2. The molecule has 0 bridgehead atoms. The van der Waals surface area contributed by atoms with Crippen molar-refractivity contribution in [3.8, 4) is 11.4 Å². The molecule has 7 nitrogen and oxygen atoms in total. The predicted molar refractivity (Wildman–Crippen MR) is 128 cm³/mol. The van der Waals surface area contributed by atoms with E-state index in [1.165, 1.54) is 0 Å². The highest BCUT2D eigenvalue weighted by molar-refractivity contribution is 5.91. The van der Waals surface area contributed by atoms with Gasteiger partial charge in [0.2, 0.25) is 23.5 Å². The van der Waals surface area contributed by atoms with Crippen LogP contribution in [0.2, 0.25) is 0 Å². The summed E-state index contributed by atoms with van der Waals surface area (Å²) in [5, 5.41) is 10.5. The van der Waals surface area contributed by atoms with E-state index in [0.717, 1.165) is 24.0 Å². The van der Waals surface area contributed by atoms with Gasteiger partial charge in [0.1, 0.15) is 0 Å². The van der Waals surface area contributed by atoms with Gasteiger partial charge >= 0.3 is 0 Å². The van der Waals surface area contributed by atoms with Crippen LogP contribution in [0.5, 0.6) is 0 Å². The van der Waals surface area contributed by atoms with Crippen LogP contribution in [0.1, 0.15) is 56.9 Å². The monoisotopic (exact) mass is 458 g/mol. The number of hydrogen-bond donors (Lipinski definition) is 2. The van der Waals surface area contributed by atoms with Crippen LogP contribution in [-0.2, 0) is 15.0 Å². The second-order valence-corrected chi connectivity index (χ2v) is 9.79. The first-order valence-corrected chi connectivity index (χ1v) is 12.0. The lowest BCUT2D eigenvalue weighted by molar-refractivity contribution is -0.126. The van der Waals surface area contributed by atoms with Crippen molar-refractivity contribution in [2.75, 3.05) is 0 Å². The van der Waals surface area contributed by atoms with Gasteiger partial charge in [0, 0.05) is 23.6 Å². The van der Waals surface area contributed by atoms with E-state index in [9.17, 15) is 9.59 Å². The summed E-state index contributed by atoms with van der Waals surface area (Å²) < 4.78 is 5.67. The largest absolute Gasteiger partial charge is 0.354 e. The van der Waals surface area contributed by atoms with Crippen LogP contribution in [0.4, 0.5) is 0 Å². The lowest BCUT2D eigenvalue weighted by Crippen LogP contribution is -2.43. The topological polar surface area (TPSA) is 97.1 Å². The van der Waals surface area contributed by atoms with Gasteiger partial charge in [0.25, 0.3) is 0 Å². The molecule has 0 unspecified atom stereocenters. The Morgan fingerprint density at radius 2 is 1.68 bits per heavy atom. The third-order valence-corrected chi connectivity index (χ3v) is 6.98. The van der Waals surface area contributed by atoms with Crippen molar-refractivity contribution >= 4 is 11.8 Å². The molecule has 2 aliphatic rings. The van der Waals surface area contributed by atoms with Gasteiger partial charge in [-0.05, 0) is 45.1 Å². The Bertz CT molecular complexity index is 1150. The van der Waals surface area contributed by atoms with Crippen molar-refractivity contribution in [3.05, 3.63) is 72.1 Å². The molecule has 3 aromatic rings. The Hall–Kier alpha value is -3.48. The van der Waals surface area contributed by atoms with Gasteiger partial charge in [-0.25, -0.2) is 0 Å². The van der Waals surface area contributed by atoms with Crippen LogP contribution in [-0.4, -0.2) is 34.0 Å². The normalized spacial score (nSPS) is 23.0. The molecule has 2 N–H and O–H groups in total. The van der Waals surface area contributed by atoms with Gasteiger partial charge in [-0.3, -0.25) is 9.59 Å². The molecule has 0 aliphatic heterocycles. The maximum Gasteiger partial charge on any atom is 0.232 e. The lowest BCUT2D eigenvalue weighted by Gasteiger charge is -2.22. The van der Waals surface area contributed by atoms with Crippen molar-refractivity contribution in [2.45, 2.75) is 62.9 Å². The van der Waals surface area contributed by atoms with Gasteiger partial charge in [-0.2, -0.15) is 4.98 Å². The molecule has 34 heavy (non-hydrogen) atoms. The van der Waals surface area contributed by atoms with E-state index in [-0.39, 0.29) is 35.7 Å². The SMILES string of the molecule is CC(C)NC(=O)[C@H]1C[C@H](NC(=O)C2(c3ccccc3)CC2)[C@H](c2nc(-c3ccccc3)no2)C1. The number of rotatable bonds is 7. The summed E-state index contributed by atoms with van der Waals surface area (Å²) in [6, 6.07) is 19.4. The number of amides is 2. The first kappa shape index (κ1) is 22.3. The van der Waals surface area contributed by atoms with Crippen LogP contribution in [0, 0.1) is 5.92 Å². The summed E-state index contributed by atoms with van der Waals surface area (Å²) in [6.07, 6.45) is 2.76. The first-order valence-electron chi connectivity index (χ1n) is 12.0. The number of nitrogens with one attached hydrogen (secondary N) is 2. The molecule has 0 radical (unpaired) electrons. The minimum absolute atomic E-state index is 0.00346. The molecule has 1 aromatic heterocycles. The van der Waals surface area contributed by atoms with Gasteiger partial charge in [0.05, 0.1) is 11.3 Å². The van der Waals surface area contributed by atoms with E-state index in [0.29, 0.717) is 24.6 Å². The number of aromatic nitrogens is 2. The highest BCUT2D eigenvalue weighted by Gasteiger charge is 2.53. The summed E-state index contributed by atoms with van der Waals surface area (Å²) in [4.78, 5) is 30.9. The van der Waals surface area contributed by atoms with Gasteiger partial charge < -0.3 is 15.2 Å². The minimum atomic E-state index is -0.478. The number of hydrogen-bond acceptors (Lipinski definition) is 5. The predicted octanol–water partition coefficient (Wildman–Crippen LogP) is 3.97. The fraction of sp³-hybridized carbons (Fsp3) is 0.407. The standard InChI is InChI=1S/C27H30N4O3/c1-17(2)28-24(32)19-15-21(25-30-23(31-34-25)18-9-5-3-6-10-18)22(16-19)29-26(33)27(13-14-27)20-11-7-4-8-12-20/h3-12,17,19,21-22H,13-16H2,1-2H3,(H,28,32)(H,29,33)/t19-,21-,22+/m1/s1. The second-order valence-electron chi connectivity index (χ2n) is 9.79. The smallest absolute Gasteiger partial charge is 0.232 e. The van der Waals surface area contributed by atoms with E-state index in [4.69, 9.17) is 4.52 Å². The molecule has 3 atom stereocenters. The minimum Gasteiger partial charge on any atom is -0.354 e. The van der Waals surface area contributed by atoms with Gasteiger partial charge in [0.15, 0.2) is 0 Å². The van der Waals surface area contributed by atoms with Crippen LogP contribution >= 0.6 is 0 Å². The Morgan fingerprint density at radius 3 is 2.32 bits per heavy atom. The molecule has 176 valence electrons. The number of benzene rings is 2. The summed E-state index contributed by atoms with van der Waals surface area (Å²) in [5.41, 5.74) is 1.43. The van der Waals surface area contributed by atoms with E-state index in [1.54, 1.807) is 0 Å². The maximum atomic E-state index is 13.5. The van der Waals surface area contributed by atoms with Crippen LogP contribution in [0.3, 0.4) is 0 Å². The zero-order valence-electron chi connectivity index (χ0n) is 19.5. The Labute approximate surface area is 199 Å². The molecule has 2 fully saturated rings. The molecule has 5 rings (SSSR count). The average molecular weight is 459 g/mol. The molecule has 2 saturated carbocycles. The van der Waals surface area contributed by atoms with E-state index < -0.39 is 5.41 Å².